The van der Waals surface area contributed by atoms with Crippen molar-refractivity contribution in [2.24, 2.45) is 5.41 Å². The fourth-order valence-electron chi connectivity index (χ4n) is 1.71. The Kier molecular flexibility index (Phi) is 7.56. The van der Waals surface area contributed by atoms with Gasteiger partial charge in [0.05, 0.1) is 0 Å². The van der Waals surface area contributed by atoms with Crippen molar-refractivity contribution in [2.45, 2.75) is 60.4 Å². The Morgan fingerprint density at radius 3 is 1.54 bits per heavy atom. The van der Waals surface area contributed by atoms with Crippen LogP contribution in [0.2, 0.25) is 0 Å². The van der Waals surface area contributed by atoms with E-state index >= 15 is 0 Å². The lowest BCUT2D eigenvalue weighted by atomic mass is 9.82. The molecule has 0 aliphatic heterocycles. The van der Waals surface area contributed by atoms with Gasteiger partial charge >= 0.3 is 0 Å². The van der Waals surface area contributed by atoms with Crippen molar-refractivity contribution in [1.82, 2.24) is 10.9 Å². The number of hydrogen-bond acceptors (Lipinski definition) is 2. The van der Waals surface area contributed by atoms with Crippen LogP contribution in [0, 0.1) is 5.41 Å². The van der Waals surface area contributed by atoms with Gasteiger partial charge in [-0.25, -0.2) is 0 Å². The van der Waals surface area contributed by atoms with Crippen molar-refractivity contribution >= 4 is 0 Å². The first kappa shape index (κ1) is 15.4. The molecule has 2 nitrogen and oxygen atoms in total. The highest BCUT2D eigenvalue weighted by atomic mass is 15.4. The molecule has 0 heterocycles. The van der Waals surface area contributed by atoms with Gasteiger partial charge in [0.15, 0.2) is 0 Å². The van der Waals surface area contributed by atoms with Crippen LogP contribution in [0.1, 0.15) is 54.9 Å². The highest BCUT2D eigenvalue weighted by Gasteiger charge is 2.24. The summed E-state index contributed by atoms with van der Waals surface area (Å²) < 4.78 is 0. The minimum absolute atomic E-state index is 0.174. The summed E-state index contributed by atoms with van der Waals surface area (Å²) in [6.07, 6.45) is 1.15. The molecule has 0 saturated carbocycles. The molecule has 0 amide bonds. The van der Waals surface area contributed by atoms with Gasteiger partial charge in [-0.15, -0.1) is 0 Å². The lowest BCUT2D eigenvalue weighted by molar-refractivity contribution is 0.226. The maximum absolute atomic E-state index is 3.23. The predicted octanol–water partition coefficient (Wildman–Crippen LogP) is 2.95. The van der Waals surface area contributed by atoms with E-state index in [1.807, 2.05) is 20.9 Å². The van der Waals surface area contributed by atoms with Gasteiger partial charge in [0, 0.05) is 5.54 Å². The topological polar surface area (TPSA) is 24.1 Å². The van der Waals surface area contributed by atoms with E-state index in [0.29, 0.717) is 5.41 Å². The smallest absolute Gasteiger partial charge is 0.0272 e. The third-order valence-electron chi connectivity index (χ3n) is 1.44. The summed E-state index contributed by atoms with van der Waals surface area (Å²) in [6.45, 7) is 15.2. The van der Waals surface area contributed by atoms with Crippen molar-refractivity contribution in [3.63, 3.8) is 0 Å². The van der Waals surface area contributed by atoms with Gasteiger partial charge in [0.1, 0.15) is 0 Å². The van der Waals surface area contributed by atoms with E-state index in [0.717, 1.165) is 6.42 Å². The second-order valence-electron chi connectivity index (χ2n) is 5.00. The van der Waals surface area contributed by atoms with E-state index in [4.69, 9.17) is 0 Å². The molecule has 0 atom stereocenters. The Morgan fingerprint density at radius 2 is 1.31 bits per heavy atom. The fourth-order valence-corrected chi connectivity index (χ4v) is 1.71. The zero-order valence-electron chi connectivity index (χ0n) is 10.7. The quantitative estimate of drug-likeness (QED) is 0.665. The minimum atomic E-state index is 0.174. The molecule has 0 aliphatic carbocycles. The fraction of sp³-hybridized carbons (Fsp3) is 1.00. The van der Waals surface area contributed by atoms with Gasteiger partial charge in [-0.2, -0.15) is 0 Å². The van der Waals surface area contributed by atoms with E-state index in [9.17, 15) is 0 Å². The lowest BCUT2D eigenvalue weighted by Crippen LogP contribution is -2.48. The summed E-state index contributed by atoms with van der Waals surface area (Å²) in [5.74, 6) is 0. The van der Waals surface area contributed by atoms with Crippen LogP contribution in [0.25, 0.3) is 0 Å². The Morgan fingerprint density at radius 1 is 0.923 bits per heavy atom. The minimum Gasteiger partial charge on any atom is -0.260 e. The summed E-state index contributed by atoms with van der Waals surface area (Å²) in [7, 11) is 1.91. The lowest BCUT2D eigenvalue weighted by Gasteiger charge is -2.32. The van der Waals surface area contributed by atoms with Gasteiger partial charge in [-0.1, -0.05) is 34.6 Å². The molecule has 0 aromatic carbocycles. The van der Waals surface area contributed by atoms with Crippen LogP contribution in [0.3, 0.4) is 0 Å². The van der Waals surface area contributed by atoms with E-state index in [1.54, 1.807) is 0 Å². The van der Waals surface area contributed by atoms with Crippen LogP contribution in [-0.2, 0) is 0 Å². The standard InChI is InChI=1S/C9H22N2.C2H6/c1-8(2,3)7-9(4,5)11-10-6;1-2/h10-11H,7H2,1-6H3;1-2H3. The third kappa shape index (κ3) is 11.9. The van der Waals surface area contributed by atoms with E-state index in [1.165, 1.54) is 0 Å². The molecule has 2 heteroatoms. The number of hydrazine groups is 1. The van der Waals surface area contributed by atoms with Crippen LogP contribution >= 0.6 is 0 Å². The monoisotopic (exact) mass is 188 g/mol. The molecular formula is C11H28N2. The van der Waals surface area contributed by atoms with Crippen LogP contribution < -0.4 is 10.9 Å². The van der Waals surface area contributed by atoms with Crippen LogP contribution in [0.5, 0.6) is 0 Å². The second kappa shape index (κ2) is 6.39. The van der Waals surface area contributed by atoms with Crippen LogP contribution in [0.4, 0.5) is 0 Å². The molecule has 0 aromatic heterocycles. The molecule has 0 saturated heterocycles. The van der Waals surface area contributed by atoms with E-state index in [2.05, 4.69) is 45.5 Å². The Balaban J connectivity index is 0. The Hall–Kier alpha value is -0.0800. The van der Waals surface area contributed by atoms with Crippen molar-refractivity contribution in [3.05, 3.63) is 0 Å². The first-order valence-corrected chi connectivity index (χ1v) is 5.21. The zero-order chi connectivity index (χ0) is 11.1. The summed E-state index contributed by atoms with van der Waals surface area (Å²) in [6, 6.07) is 0. The Labute approximate surface area is 84.5 Å². The van der Waals surface area contributed by atoms with Crippen molar-refractivity contribution in [1.29, 1.82) is 0 Å². The molecule has 0 spiro atoms. The molecule has 0 aliphatic rings. The van der Waals surface area contributed by atoms with Gasteiger partial charge in [-0.05, 0) is 32.7 Å². The first-order chi connectivity index (χ1) is 5.77. The van der Waals surface area contributed by atoms with Gasteiger partial charge in [0.25, 0.3) is 0 Å². The maximum Gasteiger partial charge on any atom is 0.0272 e. The zero-order valence-corrected chi connectivity index (χ0v) is 10.7. The summed E-state index contributed by atoms with van der Waals surface area (Å²) >= 11 is 0. The second-order valence-corrected chi connectivity index (χ2v) is 5.00. The summed E-state index contributed by atoms with van der Waals surface area (Å²) in [5, 5.41) is 0. The van der Waals surface area contributed by atoms with Gasteiger partial charge in [0.2, 0.25) is 0 Å². The molecule has 0 rings (SSSR count). The first-order valence-electron chi connectivity index (χ1n) is 5.21. The summed E-state index contributed by atoms with van der Waals surface area (Å²) in [4.78, 5) is 0. The molecule has 13 heavy (non-hydrogen) atoms. The van der Waals surface area contributed by atoms with Gasteiger partial charge in [-0.3, -0.25) is 10.9 Å². The number of hydrogen-bond donors (Lipinski definition) is 2. The van der Waals surface area contributed by atoms with E-state index < -0.39 is 0 Å². The molecule has 0 bridgehead atoms. The average Bonchev–Trinajstić information content (AvgIpc) is 1.85. The maximum atomic E-state index is 3.23. The normalized spacial score (nSPS) is 12.0. The molecule has 2 N–H and O–H groups in total. The summed E-state index contributed by atoms with van der Waals surface area (Å²) in [5.41, 5.74) is 6.76. The molecule has 0 fully saturated rings. The molecule has 0 radical (unpaired) electrons. The molecule has 82 valence electrons. The van der Waals surface area contributed by atoms with Crippen LogP contribution in [-0.4, -0.2) is 12.6 Å². The number of nitrogens with one attached hydrogen (secondary N) is 2. The highest BCUT2D eigenvalue weighted by molar-refractivity contribution is 4.81. The molecular weight excluding hydrogens is 160 g/mol. The Bertz CT molecular complexity index is 112. The SMILES string of the molecule is CC.CNNC(C)(C)CC(C)(C)C. The van der Waals surface area contributed by atoms with Crippen LogP contribution in [0.15, 0.2) is 0 Å². The molecule has 0 aromatic rings. The van der Waals surface area contributed by atoms with Crippen molar-refractivity contribution in [2.75, 3.05) is 7.05 Å². The molecule has 0 unspecified atom stereocenters. The van der Waals surface area contributed by atoms with E-state index in [-0.39, 0.29) is 5.54 Å². The van der Waals surface area contributed by atoms with Gasteiger partial charge < -0.3 is 0 Å². The van der Waals surface area contributed by atoms with Crippen molar-refractivity contribution < 1.29 is 0 Å². The number of rotatable bonds is 3. The average molecular weight is 188 g/mol. The largest absolute Gasteiger partial charge is 0.260 e. The van der Waals surface area contributed by atoms with Crippen molar-refractivity contribution in [3.8, 4) is 0 Å². The third-order valence-corrected chi connectivity index (χ3v) is 1.44. The predicted molar refractivity (Wildman–Crippen MR) is 61.7 cm³/mol. The highest BCUT2D eigenvalue weighted by Crippen LogP contribution is 2.26.